The van der Waals surface area contributed by atoms with Crippen LogP contribution in [0.15, 0.2) is 29.3 Å². The molecule has 126 valence electrons. The standard InChI is InChI=1S/C17H29N3O.HI/c1-6-14(5)20-17(18-7-2)19-12-15-9-8-10-16(11-15)21-13(3)4;/h8-11,13-14H,6-7,12H2,1-5H3,(H2,18,19,20);1H. The summed E-state index contributed by atoms with van der Waals surface area (Å²) in [5, 5.41) is 6.66. The van der Waals surface area contributed by atoms with E-state index in [-0.39, 0.29) is 30.1 Å². The van der Waals surface area contributed by atoms with E-state index in [1.54, 1.807) is 0 Å². The highest BCUT2D eigenvalue weighted by Crippen LogP contribution is 2.15. The quantitative estimate of drug-likeness (QED) is 0.400. The van der Waals surface area contributed by atoms with Crippen molar-refractivity contribution in [2.24, 2.45) is 4.99 Å². The molecule has 1 unspecified atom stereocenters. The van der Waals surface area contributed by atoms with Crippen molar-refractivity contribution in [3.63, 3.8) is 0 Å². The van der Waals surface area contributed by atoms with Crippen LogP contribution >= 0.6 is 24.0 Å². The number of guanidine groups is 1. The minimum Gasteiger partial charge on any atom is -0.491 e. The first kappa shape index (κ1) is 21.0. The van der Waals surface area contributed by atoms with Gasteiger partial charge in [0, 0.05) is 12.6 Å². The molecule has 22 heavy (non-hydrogen) atoms. The number of hydrogen-bond donors (Lipinski definition) is 2. The predicted octanol–water partition coefficient (Wildman–Crippen LogP) is 3.95. The Hall–Kier alpha value is -0.980. The molecular formula is C17H30IN3O. The molecule has 0 aromatic heterocycles. The van der Waals surface area contributed by atoms with Crippen LogP contribution in [0.1, 0.15) is 46.6 Å². The lowest BCUT2D eigenvalue weighted by atomic mass is 10.2. The van der Waals surface area contributed by atoms with Gasteiger partial charge in [-0.25, -0.2) is 4.99 Å². The zero-order valence-corrected chi connectivity index (χ0v) is 16.7. The van der Waals surface area contributed by atoms with E-state index in [9.17, 15) is 0 Å². The third-order valence-corrected chi connectivity index (χ3v) is 3.03. The van der Waals surface area contributed by atoms with Crippen molar-refractivity contribution in [2.75, 3.05) is 6.54 Å². The van der Waals surface area contributed by atoms with E-state index in [1.165, 1.54) is 0 Å². The number of ether oxygens (including phenoxy) is 1. The maximum atomic E-state index is 5.71. The van der Waals surface area contributed by atoms with Crippen LogP contribution in [0.25, 0.3) is 0 Å². The molecule has 0 spiro atoms. The summed E-state index contributed by atoms with van der Waals surface area (Å²) in [6.07, 6.45) is 1.26. The monoisotopic (exact) mass is 419 g/mol. The molecule has 5 heteroatoms. The first-order chi connectivity index (χ1) is 10.0. The largest absolute Gasteiger partial charge is 0.491 e. The van der Waals surface area contributed by atoms with Crippen molar-refractivity contribution in [1.29, 1.82) is 0 Å². The molecule has 0 aliphatic carbocycles. The van der Waals surface area contributed by atoms with Crippen LogP contribution in [0.3, 0.4) is 0 Å². The summed E-state index contributed by atoms with van der Waals surface area (Å²) in [6, 6.07) is 8.53. The van der Waals surface area contributed by atoms with Crippen molar-refractivity contribution in [2.45, 2.75) is 59.7 Å². The molecule has 0 heterocycles. The van der Waals surface area contributed by atoms with Gasteiger partial charge in [0.15, 0.2) is 5.96 Å². The fraction of sp³-hybridized carbons (Fsp3) is 0.588. The average Bonchev–Trinajstić information content (AvgIpc) is 2.44. The summed E-state index contributed by atoms with van der Waals surface area (Å²) in [5.74, 6) is 1.76. The maximum Gasteiger partial charge on any atom is 0.191 e. The smallest absolute Gasteiger partial charge is 0.191 e. The highest BCUT2D eigenvalue weighted by atomic mass is 127. The molecule has 0 aliphatic rings. The first-order valence-electron chi connectivity index (χ1n) is 7.85. The second-order valence-corrected chi connectivity index (χ2v) is 5.46. The molecule has 0 bridgehead atoms. The molecule has 1 rings (SSSR count). The highest BCUT2D eigenvalue weighted by Gasteiger charge is 2.03. The zero-order valence-electron chi connectivity index (χ0n) is 14.3. The summed E-state index contributed by atoms with van der Waals surface area (Å²) in [4.78, 5) is 4.63. The Balaban J connectivity index is 0.00000441. The number of halogens is 1. The van der Waals surface area contributed by atoms with Crippen LogP contribution in [-0.4, -0.2) is 24.7 Å². The second kappa shape index (κ2) is 11.6. The molecule has 0 saturated carbocycles. The maximum absolute atomic E-state index is 5.71. The zero-order chi connectivity index (χ0) is 15.7. The van der Waals surface area contributed by atoms with Crippen molar-refractivity contribution in [1.82, 2.24) is 10.6 Å². The Bertz CT molecular complexity index is 449. The third-order valence-electron chi connectivity index (χ3n) is 3.03. The van der Waals surface area contributed by atoms with Gasteiger partial charge in [0.25, 0.3) is 0 Å². The summed E-state index contributed by atoms with van der Waals surface area (Å²) in [5.41, 5.74) is 1.15. The number of hydrogen-bond acceptors (Lipinski definition) is 2. The van der Waals surface area contributed by atoms with Crippen molar-refractivity contribution >= 4 is 29.9 Å². The fourth-order valence-electron chi connectivity index (χ4n) is 1.82. The molecule has 0 amide bonds. The Morgan fingerprint density at radius 1 is 1.23 bits per heavy atom. The number of nitrogens with zero attached hydrogens (tertiary/aromatic N) is 1. The lowest BCUT2D eigenvalue weighted by molar-refractivity contribution is 0.242. The summed E-state index contributed by atoms with van der Waals surface area (Å²) in [7, 11) is 0. The molecule has 0 saturated heterocycles. The Morgan fingerprint density at radius 2 is 1.95 bits per heavy atom. The van der Waals surface area contributed by atoms with E-state index in [0.717, 1.165) is 30.2 Å². The summed E-state index contributed by atoms with van der Waals surface area (Å²) < 4.78 is 5.71. The van der Waals surface area contributed by atoms with Gasteiger partial charge in [0.1, 0.15) is 5.75 Å². The molecular weight excluding hydrogens is 389 g/mol. The predicted molar refractivity (Wildman–Crippen MR) is 105 cm³/mol. The van der Waals surface area contributed by atoms with Gasteiger partial charge < -0.3 is 15.4 Å². The number of nitrogens with one attached hydrogen (secondary N) is 2. The van der Waals surface area contributed by atoms with Crippen molar-refractivity contribution in [3.05, 3.63) is 29.8 Å². The van der Waals surface area contributed by atoms with Gasteiger partial charge in [-0.1, -0.05) is 19.1 Å². The molecule has 0 aliphatic heterocycles. The van der Waals surface area contributed by atoms with Gasteiger partial charge in [-0.2, -0.15) is 0 Å². The van der Waals surface area contributed by atoms with Gasteiger partial charge in [0.2, 0.25) is 0 Å². The number of benzene rings is 1. The minimum absolute atomic E-state index is 0. The molecule has 1 atom stereocenters. The Kier molecular flexibility index (Phi) is 11.1. The molecule has 0 fully saturated rings. The lowest BCUT2D eigenvalue weighted by Gasteiger charge is -2.16. The Morgan fingerprint density at radius 3 is 2.55 bits per heavy atom. The first-order valence-corrected chi connectivity index (χ1v) is 7.85. The van der Waals surface area contributed by atoms with Crippen LogP contribution < -0.4 is 15.4 Å². The van der Waals surface area contributed by atoms with Gasteiger partial charge in [-0.3, -0.25) is 0 Å². The fourth-order valence-corrected chi connectivity index (χ4v) is 1.82. The van der Waals surface area contributed by atoms with Gasteiger partial charge in [-0.15, -0.1) is 24.0 Å². The third kappa shape index (κ3) is 8.46. The second-order valence-electron chi connectivity index (χ2n) is 5.46. The van der Waals surface area contributed by atoms with Crippen LogP contribution in [-0.2, 0) is 6.54 Å². The number of rotatable bonds is 7. The van der Waals surface area contributed by atoms with Crippen LogP contribution in [0.5, 0.6) is 5.75 Å². The van der Waals surface area contributed by atoms with Gasteiger partial charge >= 0.3 is 0 Å². The van der Waals surface area contributed by atoms with Crippen LogP contribution in [0.4, 0.5) is 0 Å². The van der Waals surface area contributed by atoms with Gasteiger partial charge in [-0.05, 0) is 51.8 Å². The van der Waals surface area contributed by atoms with E-state index in [1.807, 2.05) is 26.0 Å². The van der Waals surface area contributed by atoms with E-state index in [2.05, 4.69) is 48.5 Å². The number of aliphatic imine (C=N–C) groups is 1. The molecule has 1 aromatic carbocycles. The Labute approximate surface area is 152 Å². The summed E-state index contributed by atoms with van der Waals surface area (Å²) in [6.45, 7) is 12.0. The van der Waals surface area contributed by atoms with Crippen molar-refractivity contribution in [3.8, 4) is 5.75 Å². The molecule has 4 nitrogen and oxygen atoms in total. The van der Waals surface area contributed by atoms with E-state index in [0.29, 0.717) is 12.6 Å². The van der Waals surface area contributed by atoms with E-state index >= 15 is 0 Å². The topological polar surface area (TPSA) is 45.7 Å². The SMILES string of the molecule is CCNC(=NCc1cccc(OC(C)C)c1)NC(C)CC.I. The normalized spacial score (nSPS) is 12.5. The molecule has 0 radical (unpaired) electrons. The van der Waals surface area contributed by atoms with Crippen LogP contribution in [0.2, 0.25) is 0 Å². The van der Waals surface area contributed by atoms with E-state index < -0.39 is 0 Å². The molecule has 2 N–H and O–H groups in total. The highest BCUT2D eigenvalue weighted by molar-refractivity contribution is 14.0. The minimum atomic E-state index is 0. The lowest BCUT2D eigenvalue weighted by Crippen LogP contribution is -2.41. The summed E-state index contributed by atoms with van der Waals surface area (Å²) >= 11 is 0. The van der Waals surface area contributed by atoms with Crippen LogP contribution in [0, 0.1) is 0 Å². The van der Waals surface area contributed by atoms with Crippen molar-refractivity contribution < 1.29 is 4.74 Å². The van der Waals surface area contributed by atoms with E-state index in [4.69, 9.17) is 4.74 Å². The van der Waals surface area contributed by atoms with Gasteiger partial charge in [0.05, 0.1) is 12.6 Å². The molecule has 1 aromatic rings. The average molecular weight is 419 g/mol.